The molecular formula is C94H89BrCl2F15N15O9Sn. The summed E-state index contributed by atoms with van der Waals surface area (Å²) < 4.78 is 221. The summed E-state index contributed by atoms with van der Waals surface area (Å²) in [4.78, 5) is 30.3. The van der Waals surface area contributed by atoms with Crippen molar-refractivity contribution in [3.8, 4) is 87.8 Å². The first-order valence-corrected chi connectivity index (χ1v) is 47.8. The number of nitriles is 5. The fraction of sp³-hybridized carbons (Fsp3) is 0.245. The fourth-order valence-corrected chi connectivity index (χ4v) is 11.8. The van der Waals surface area contributed by atoms with Gasteiger partial charge in [-0.2, -0.15) is 87.8 Å². The van der Waals surface area contributed by atoms with Gasteiger partial charge in [-0.1, -0.05) is 83.2 Å². The number of nitro benzene ring substituents is 2. The van der Waals surface area contributed by atoms with E-state index in [0.29, 0.717) is 82.5 Å². The molecule has 0 aromatic heterocycles. The Morgan fingerprint density at radius 3 is 0.854 bits per heavy atom. The average Bonchev–Trinajstić information content (AvgIpc) is 0.506. The van der Waals surface area contributed by atoms with Crippen LogP contribution in [0, 0.1) is 83.8 Å². The average molecular weight is 2120 g/mol. The van der Waals surface area contributed by atoms with Crippen molar-refractivity contribution in [2.45, 2.75) is 76.7 Å². The summed E-state index contributed by atoms with van der Waals surface area (Å²) in [6, 6.07) is 54.9. The van der Waals surface area contributed by atoms with Crippen LogP contribution in [0.3, 0.4) is 0 Å². The van der Waals surface area contributed by atoms with Crippen LogP contribution in [-0.2, 0) is 45.6 Å². The molecule has 0 spiro atoms. The number of hydrogen-bond donors (Lipinski definition) is 3. The van der Waals surface area contributed by atoms with Crippen molar-refractivity contribution in [3.63, 3.8) is 0 Å². The third-order valence-electron chi connectivity index (χ3n) is 17.8. The van der Waals surface area contributed by atoms with Crippen LogP contribution in [0.15, 0.2) is 207 Å². The normalized spacial score (nSPS) is 10.9. The molecule has 0 unspecified atom stereocenters. The number of ether oxygens (including phenoxy) is 5. The number of anilines is 3. The Morgan fingerprint density at radius 1 is 0.394 bits per heavy atom. The van der Waals surface area contributed by atoms with Crippen LogP contribution in [0.4, 0.5) is 94.3 Å². The number of para-hydroxylation sites is 10. The van der Waals surface area contributed by atoms with E-state index in [2.05, 4.69) is 28.6 Å². The molecule has 137 heavy (non-hydrogen) atoms. The van der Waals surface area contributed by atoms with E-state index in [1.54, 1.807) is 172 Å². The van der Waals surface area contributed by atoms with Gasteiger partial charge in [0.25, 0.3) is 12.2 Å². The van der Waals surface area contributed by atoms with Gasteiger partial charge < -0.3 is 65.4 Å². The Hall–Kier alpha value is -13.3. The van der Waals surface area contributed by atoms with E-state index in [1.807, 2.05) is 57.1 Å². The van der Waals surface area contributed by atoms with Crippen molar-refractivity contribution in [2.75, 3.05) is 93.0 Å². The number of halogens is 18. The second-order valence-electron chi connectivity index (χ2n) is 30.3. The van der Waals surface area contributed by atoms with Crippen molar-refractivity contribution in [2.24, 2.45) is 0 Å². The number of nitrogens with two attached hydrogens (primary N) is 3. The van der Waals surface area contributed by atoms with Crippen LogP contribution in [0.1, 0.15) is 83.5 Å². The van der Waals surface area contributed by atoms with E-state index >= 15 is 0 Å². The minimum atomic E-state index is -5.73. The van der Waals surface area contributed by atoms with E-state index in [4.69, 9.17) is 58.7 Å². The molecule has 0 atom stereocenters. The minimum absolute atomic E-state index is 0.0159. The first kappa shape index (κ1) is 116. The molecular weight excluding hydrogens is 2030 g/mol. The van der Waals surface area contributed by atoms with Crippen LogP contribution < -0.4 is 40.9 Å². The van der Waals surface area contributed by atoms with E-state index in [0.717, 1.165) is 23.3 Å². The Bertz CT molecular complexity index is 5970. The number of nitrogen functional groups attached to an aromatic ring is 3. The van der Waals surface area contributed by atoms with Gasteiger partial charge in [0.15, 0.2) is 0 Å². The van der Waals surface area contributed by atoms with Crippen molar-refractivity contribution in [1.29, 1.82) is 26.3 Å². The van der Waals surface area contributed by atoms with Crippen molar-refractivity contribution in [1.82, 2.24) is 24.5 Å². The monoisotopic (exact) mass is 2120 g/mol. The van der Waals surface area contributed by atoms with Gasteiger partial charge in [-0.25, -0.2) is 4.39 Å². The molecule has 0 aliphatic carbocycles. The number of nitro groups is 2. The third kappa shape index (κ3) is 37.7. The summed E-state index contributed by atoms with van der Waals surface area (Å²) in [5.74, 6) is -8.08. The summed E-state index contributed by atoms with van der Waals surface area (Å²) in [7, 11) is 27.9. The Morgan fingerprint density at radius 2 is 0.620 bits per heavy atom. The van der Waals surface area contributed by atoms with Gasteiger partial charge in [-0.05, 0) is 203 Å². The molecule has 0 aliphatic heterocycles. The van der Waals surface area contributed by atoms with Crippen LogP contribution >= 0.6 is 33.8 Å². The predicted octanol–water partition coefficient (Wildman–Crippen LogP) is 24.8. The fourth-order valence-electron chi connectivity index (χ4n) is 11.8. The molecule has 10 rings (SSSR count). The summed E-state index contributed by atoms with van der Waals surface area (Å²) in [6.07, 6.45) is -17.4. The molecule has 0 fully saturated rings. The van der Waals surface area contributed by atoms with E-state index in [1.165, 1.54) is 66.7 Å². The maximum absolute atomic E-state index is 13.6. The number of hydrogen-bond acceptors (Lipinski definition) is 22. The number of alkyl halides is 11. The molecule has 10 aromatic carbocycles. The van der Waals surface area contributed by atoms with Gasteiger partial charge in [0, 0.05) is 109 Å². The molecule has 724 valence electrons. The quantitative estimate of drug-likeness (QED) is 0.00979. The zero-order valence-electron chi connectivity index (χ0n) is 74.9. The van der Waals surface area contributed by atoms with Crippen molar-refractivity contribution >= 4 is 93.3 Å². The molecule has 6 N–H and O–H groups in total. The molecule has 0 heterocycles. The van der Waals surface area contributed by atoms with E-state index in [-0.39, 0.29) is 121 Å². The second kappa shape index (κ2) is 55.0. The number of benzene rings is 10. The van der Waals surface area contributed by atoms with Crippen LogP contribution in [0.2, 0.25) is 0 Å². The Balaban J connectivity index is 0.000000351. The molecule has 10 aromatic rings. The second-order valence-corrected chi connectivity index (χ2v) is 35.1. The van der Waals surface area contributed by atoms with E-state index in [9.17, 15) is 112 Å². The molecule has 0 bridgehead atoms. The molecule has 24 nitrogen and oxygen atoms in total. The van der Waals surface area contributed by atoms with Gasteiger partial charge in [-0.3, -0.25) is 20.2 Å². The topological polar surface area (TPSA) is 346 Å². The summed E-state index contributed by atoms with van der Waals surface area (Å²) in [5.41, 5.74) is 21.3. The van der Waals surface area contributed by atoms with Gasteiger partial charge in [0.2, 0.25) is 11.5 Å². The number of rotatable bonds is 29. The Kier molecular flexibility index (Phi) is 46.6. The summed E-state index contributed by atoms with van der Waals surface area (Å²) >= 11 is 2.01. The van der Waals surface area contributed by atoms with Gasteiger partial charge in [0.05, 0.1) is 90.4 Å². The van der Waals surface area contributed by atoms with Crippen LogP contribution in [0.25, 0.3) is 12.2 Å². The van der Waals surface area contributed by atoms with Crippen molar-refractivity contribution in [3.05, 3.63) is 310 Å². The first-order valence-electron chi connectivity index (χ1n) is 39.4. The SMILES string of the molecule is C=C(F)CBr.CN(C)Cc1cc(C#N)c(C=C(F)F)cc1Oc1ccccc1N.CN(C)Cc1cc(C#N)c(C=C(F)F)cc1Oc1ccccc1[N+](=O)[O-].CN(C)Cc1cc(C#N)c(CC(F)(F)C(F)(F)F)cc1Oc1ccccc1N.CN(C)Cc1cc(C#N)c(CC([18F])([18F])C([18F])([18F])[18F])cc1Oc1ccccc1N.Cc1cc(Oc2ccccc2[N+](=O)[O-])c(CN(C)C)cc1C#N.[Cl][Sn][Cl]. The van der Waals surface area contributed by atoms with Crippen LogP contribution in [-0.4, -0.2) is 153 Å². The number of nitrogens with zero attached hydrogens (tertiary/aromatic N) is 12. The van der Waals surface area contributed by atoms with E-state index < -0.39 is 89.1 Å². The molecule has 2 radical (unpaired) electrons. The Labute approximate surface area is 806 Å². The maximum atomic E-state index is 13.6. The van der Waals surface area contributed by atoms with Crippen molar-refractivity contribution < 1.29 is 99.4 Å². The van der Waals surface area contributed by atoms with Gasteiger partial charge in [-0.15, -0.1) is 0 Å². The zero-order valence-corrected chi connectivity index (χ0v) is 80.9. The molecule has 43 heteroatoms. The first-order chi connectivity index (χ1) is 64.2. The number of allylic oxidation sites excluding steroid dienone is 1. The summed E-state index contributed by atoms with van der Waals surface area (Å²) in [6.45, 7) is 6.71. The predicted molar refractivity (Wildman–Crippen MR) is 498 cm³/mol. The third-order valence-corrected chi connectivity index (χ3v) is 18.4. The molecule has 0 saturated carbocycles. The zero-order chi connectivity index (χ0) is 103. The molecule has 0 amide bonds. The standard InChI is InChI=1S/2C19H18F5N3O.C18H15F2N3O3.C18H17F2N3O.C17H17N3O3.C3H4BrF.2ClH.Sn/c2*1-27(2)11-14-7-13(10-25)12(9-18(20,21)19(22,23)24)8-17(14)28-16-6-4-3-5-15(16)26;1-22(2)11-14-7-13(10-21)12(9-18(19)20)8-17(14)26-16-6-4-3-5-15(16)23(24)25;1-23(2)11-14-7-13(10-21)12(9-18(19)20)8-17(14)24-16-6-4-3-5-15(16)22;1-12-8-17(14(11-19(2)3)9-13(12)10-18)23-16-7-5-4-6-15(16)20(21)22;1-3(5)2-4;;;/h2*3-8H,9,11,26H2,1-2H3;3-9H,11H2,1-2H3;3-9H,11,22H2,1-2H3;4-9H,11H2,1-3H3;1-2H2;2*1H;/q;;;;;;;;+2/p-2/i20-1,21-1,22-1,23-1,24-1;;;;;;;;. The molecule has 0 saturated heterocycles. The molecule has 0 aliphatic rings. The summed E-state index contributed by atoms with van der Waals surface area (Å²) in [5, 5.41) is 68.6. The van der Waals surface area contributed by atoms with Crippen LogP contribution in [0.5, 0.6) is 57.5 Å². The van der Waals surface area contributed by atoms with Gasteiger partial charge >= 0.3 is 72.3 Å². The van der Waals surface area contributed by atoms with Gasteiger partial charge in [0.1, 0.15) is 51.8 Å². The number of aryl methyl sites for hydroxylation is 1.